The van der Waals surface area contributed by atoms with Crippen molar-refractivity contribution in [2.45, 2.75) is 58.0 Å². The zero-order valence-corrected chi connectivity index (χ0v) is 9.25. The Balaban J connectivity index is 2.07. The molecule has 1 fully saturated rings. The van der Waals surface area contributed by atoms with Gasteiger partial charge in [-0.2, -0.15) is 0 Å². The minimum absolute atomic E-state index is 0.101. The van der Waals surface area contributed by atoms with E-state index in [9.17, 15) is 4.79 Å². The van der Waals surface area contributed by atoms with E-state index in [0.29, 0.717) is 6.04 Å². The summed E-state index contributed by atoms with van der Waals surface area (Å²) in [6.45, 7) is 4.26. The van der Waals surface area contributed by atoms with Crippen LogP contribution < -0.4 is 11.1 Å². The van der Waals surface area contributed by atoms with Crippen molar-refractivity contribution in [2.24, 2.45) is 11.7 Å². The van der Waals surface area contributed by atoms with Crippen LogP contribution in [0.1, 0.15) is 46.0 Å². The van der Waals surface area contributed by atoms with Crippen molar-refractivity contribution in [1.29, 1.82) is 0 Å². The highest BCUT2D eigenvalue weighted by molar-refractivity contribution is 5.82. The van der Waals surface area contributed by atoms with Crippen molar-refractivity contribution in [3.63, 3.8) is 0 Å². The van der Waals surface area contributed by atoms with E-state index in [0.717, 1.165) is 12.8 Å². The number of hydrogen-bond acceptors (Lipinski definition) is 2. The van der Waals surface area contributed by atoms with Crippen LogP contribution in [0.3, 0.4) is 0 Å². The molecule has 1 aliphatic rings. The molecule has 3 atom stereocenters. The molecule has 1 saturated carbocycles. The maximum Gasteiger partial charge on any atom is 0.224 e. The third kappa shape index (κ3) is 3.66. The molecule has 3 heteroatoms. The highest BCUT2D eigenvalue weighted by Gasteiger charge is 2.40. The first-order valence-electron chi connectivity index (χ1n) is 5.71. The molecule has 3 unspecified atom stereocenters. The first-order valence-corrected chi connectivity index (χ1v) is 5.71. The summed E-state index contributed by atoms with van der Waals surface area (Å²) in [5.74, 6) is 0.255. The summed E-state index contributed by atoms with van der Waals surface area (Å²) in [6.07, 6.45) is 5.64. The number of amides is 1. The van der Waals surface area contributed by atoms with Gasteiger partial charge in [0.2, 0.25) is 5.91 Å². The van der Waals surface area contributed by atoms with E-state index in [4.69, 9.17) is 5.73 Å². The quantitative estimate of drug-likeness (QED) is 0.634. The number of rotatable bonds is 6. The first kappa shape index (κ1) is 11.5. The predicted octanol–water partition coefficient (Wildman–Crippen LogP) is 1.42. The molecule has 3 N–H and O–H groups in total. The Morgan fingerprint density at radius 1 is 1.57 bits per heavy atom. The molecule has 0 radical (unpaired) electrons. The van der Waals surface area contributed by atoms with Gasteiger partial charge in [-0.05, 0) is 19.8 Å². The molecule has 0 saturated heterocycles. The average Bonchev–Trinajstić information content (AvgIpc) is 2.83. The highest BCUT2D eigenvalue weighted by atomic mass is 16.2. The molecule has 14 heavy (non-hydrogen) atoms. The van der Waals surface area contributed by atoms with E-state index in [1.54, 1.807) is 0 Å². The molecule has 1 amide bonds. The van der Waals surface area contributed by atoms with Gasteiger partial charge < -0.3 is 11.1 Å². The first-order chi connectivity index (χ1) is 6.65. The monoisotopic (exact) mass is 198 g/mol. The molecule has 1 aliphatic carbocycles. The molecule has 1 rings (SSSR count). The fourth-order valence-corrected chi connectivity index (χ4v) is 1.64. The molecule has 0 aromatic rings. The second kappa shape index (κ2) is 5.35. The van der Waals surface area contributed by atoms with Crippen molar-refractivity contribution < 1.29 is 4.79 Å². The van der Waals surface area contributed by atoms with Crippen molar-refractivity contribution in [3.8, 4) is 0 Å². The van der Waals surface area contributed by atoms with Crippen LogP contribution in [0.5, 0.6) is 0 Å². The van der Waals surface area contributed by atoms with Crippen molar-refractivity contribution in [2.75, 3.05) is 0 Å². The number of nitrogens with two attached hydrogens (primary N) is 1. The maximum atomic E-state index is 11.5. The number of hydrogen-bond donors (Lipinski definition) is 2. The Morgan fingerprint density at radius 2 is 2.21 bits per heavy atom. The minimum Gasteiger partial charge on any atom is -0.353 e. The summed E-state index contributed by atoms with van der Waals surface area (Å²) in [5, 5.41) is 3.01. The number of unbranched alkanes of at least 4 members (excludes halogenated alkanes) is 2. The van der Waals surface area contributed by atoms with Gasteiger partial charge in [0.1, 0.15) is 0 Å². The van der Waals surface area contributed by atoms with Gasteiger partial charge in [0.25, 0.3) is 0 Å². The number of carbonyl (C=O) groups excluding carboxylic acids is 1. The van der Waals surface area contributed by atoms with E-state index >= 15 is 0 Å². The zero-order chi connectivity index (χ0) is 10.6. The van der Waals surface area contributed by atoms with E-state index < -0.39 is 0 Å². The molecule has 82 valence electrons. The zero-order valence-electron chi connectivity index (χ0n) is 9.25. The second-order valence-electron chi connectivity index (χ2n) is 4.41. The summed E-state index contributed by atoms with van der Waals surface area (Å²) < 4.78 is 0. The molecule has 0 aliphatic heterocycles. The van der Waals surface area contributed by atoms with Crippen LogP contribution in [0.15, 0.2) is 0 Å². The lowest BCUT2D eigenvalue weighted by Crippen LogP contribution is -2.35. The molecular weight excluding hydrogens is 176 g/mol. The van der Waals surface area contributed by atoms with Gasteiger partial charge in [0.05, 0.1) is 5.92 Å². The molecule has 0 aromatic carbocycles. The highest BCUT2D eigenvalue weighted by Crippen LogP contribution is 2.27. The summed E-state index contributed by atoms with van der Waals surface area (Å²) in [7, 11) is 0. The van der Waals surface area contributed by atoms with Gasteiger partial charge in [-0.15, -0.1) is 0 Å². The lowest BCUT2D eigenvalue weighted by Gasteiger charge is -2.13. The smallest absolute Gasteiger partial charge is 0.224 e. The molecular formula is C11H22N2O. The number of carbonyl (C=O) groups is 1. The molecule has 0 bridgehead atoms. The van der Waals surface area contributed by atoms with Crippen LogP contribution in [0.2, 0.25) is 0 Å². The Kier molecular flexibility index (Phi) is 4.39. The Bertz CT molecular complexity index is 194. The predicted molar refractivity (Wildman–Crippen MR) is 57.8 cm³/mol. The third-order valence-corrected chi connectivity index (χ3v) is 2.81. The molecule has 0 spiro atoms. The van der Waals surface area contributed by atoms with E-state index in [1.165, 1.54) is 19.3 Å². The normalized spacial score (nSPS) is 27.1. The standard InChI is InChI=1S/C11H22N2O/c1-3-4-5-6-8(2)13-11(14)9-7-10(9)12/h8-10H,3-7,12H2,1-2H3,(H,13,14). The molecule has 0 heterocycles. The lowest BCUT2D eigenvalue weighted by molar-refractivity contribution is -0.123. The maximum absolute atomic E-state index is 11.5. The van der Waals surface area contributed by atoms with Crippen LogP contribution >= 0.6 is 0 Å². The molecule has 3 nitrogen and oxygen atoms in total. The van der Waals surface area contributed by atoms with Crippen molar-refractivity contribution >= 4 is 5.91 Å². The Labute approximate surface area is 86.4 Å². The van der Waals surface area contributed by atoms with Crippen molar-refractivity contribution in [3.05, 3.63) is 0 Å². The van der Waals surface area contributed by atoms with E-state index in [1.807, 2.05) is 0 Å². The Morgan fingerprint density at radius 3 is 2.71 bits per heavy atom. The van der Waals surface area contributed by atoms with E-state index in [2.05, 4.69) is 19.2 Å². The fourth-order valence-electron chi connectivity index (χ4n) is 1.64. The van der Waals surface area contributed by atoms with Crippen molar-refractivity contribution in [1.82, 2.24) is 5.32 Å². The largest absolute Gasteiger partial charge is 0.353 e. The summed E-state index contributed by atoms with van der Waals surface area (Å²) in [5.41, 5.74) is 5.60. The molecule has 0 aromatic heterocycles. The van der Waals surface area contributed by atoms with Gasteiger partial charge >= 0.3 is 0 Å². The Hall–Kier alpha value is -0.570. The summed E-state index contributed by atoms with van der Waals surface area (Å²) in [4.78, 5) is 11.5. The average molecular weight is 198 g/mol. The van der Waals surface area contributed by atoms with E-state index in [-0.39, 0.29) is 17.9 Å². The van der Waals surface area contributed by atoms with Crippen LogP contribution in [0.25, 0.3) is 0 Å². The van der Waals surface area contributed by atoms with Gasteiger partial charge in [-0.3, -0.25) is 4.79 Å². The van der Waals surface area contributed by atoms with Gasteiger partial charge in [0, 0.05) is 12.1 Å². The minimum atomic E-state index is 0.101. The van der Waals surface area contributed by atoms with Gasteiger partial charge in [-0.1, -0.05) is 26.2 Å². The van der Waals surface area contributed by atoms with Crippen LogP contribution in [0, 0.1) is 5.92 Å². The van der Waals surface area contributed by atoms with Crippen LogP contribution in [0.4, 0.5) is 0 Å². The number of nitrogens with one attached hydrogen (secondary N) is 1. The van der Waals surface area contributed by atoms with Gasteiger partial charge in [-0.25, -0.2) is 0 Å². The summed E-state index contributed by atoms with van der Waals surface area (Å²) >= 11 is 0. The SMILES string of the molecule is CCCCCC(C)NC(=O)C1CC1N. The van der Waals surface area contributed by atoms with Crippen LogP contribution in [-0.4, -0.2) is 18.0 Å². The van der Waals surface area contributed by atoms with Crippen LogP contribution in [-0.2, 0) is 4.79 Å². The topological polar surface area (TPSA) is 55.1 Å². The lowest BCUT2D eigenvalue weighted by atomic mass is 10.1. The fraction of sp³-hybridized carbons (Fsp3) is 0.909. The van der Waals surface area contributed by atoms with Gasteiger partial charge in [0.15, 0.2) is 0 Å². The second-order valence-corrected chi connectivity index (χ2v) is 4.41. The summed E-state index contributed by atoms with van der Waals surface area (Å²) in [6, 6.07) is 0.430. The third-order valence-electron chi connectivity index (χ3n) is 2.81.